The summed E-state index contributed by atoms with van der Waals surface area (Å²) < 4.78 is 14.4. The summed E-state index contributed by atoms with van der Waals surface area (Å²) in [6.07, 6.45) is 0. The summed E-state index contributed by atoms with van der Waals surface area (Å²) in [5, 5.41) is 2.15. The quantitative estimate of drug-likeness (QED) is 0.919. The molecule has 1 aromatic rings. The first-order valence-electron chi connectivity index (χ1n) is 5.76. The molecule has 3 nitrogen and oxygen atoms in total. The zero-order chi connectivity index (χ0) is 12.3. The maximum Gasteiger partial charge on any atom is 0.127 e. The van der Waals surface area contributed by atoms with Gasteiger partial charge in [-0.25, -0.2) is 9.40 Å². The lowest BCUT2D eigenvalue weighted by molar-refractivity contribution is 0.102. The highest BCUT2D eigenvalue weighted by Crippen LogP contribution is 2.15. The van der Waals surface area contributed by atoms with Crippen LogP contribution in [0, 0.1) is 5.82 Å². The van der Waals surface area contributed by atoms with Crippen LogP contribution in [0.25, 0.3) is 0 Å². The van der Waals surface area contributed by atoms with Crippen molar-refractivity contribution in [2.24, 2.45) is 0 Å². The van der Waals surface area contributed by atoms with Crippen molar-refractivity contribution >= 4 is 15.9 Å². The Morgan fingerprint density at radius 1 is 1.29 bits per heavy atom. The van der Waals surface area contributed by atoms with Crippen LogP contribution in [0.4, 0.5) is 4.39 Å². The van der Waals surface area contributed by atoms with E-state index < -0.39 is 0 Å². The van der Waals surface area contributed by atoms with Crippen LogP contribution in [0.1, 0.15) is 5.56 Å². The van der Waals surface area contributed by atoms with Crippen LogP contribution in [-0.2, 0) is 6.54 Å². The first kappa shape index (κ1) is 13.0. The minimum atomic E-state index is -0.158. The SMILES string of the molecule is CN1CCN(NCc2cc(Br)ccc2F)CC1. The summed E-state index contributed by atoms with van der Waals surface area (Å²) in [4.78, 5) is 2.29. The normalized spacial score (nSPS) is 18.5. The van der Waals surface area contributed by atoms with Gasteiger partial charge in [-0.05, 0) is 25.2 Å². The van der Waals surface area contributed by atoms with Crippen LogP contribution in [-0.4, -0.2) is 43.1 Å². The number of rotatable bonds is 3. The van der Waals surface area contributed by atoms with E-state index in [1.54, 1.807) is 6.07 Å². The average molecular weight is 302 g/mol. The zero-order valence-corrected chi connectivity index (χ0v) is 11.5. The van der Waals surface area contributed by atoms with E-state index in [2.05, 4.69) is 38.3 Å². The molecule has 1 aliphatic rings. The van der Waals surface area contributed by atoms with Gasteiger partial charge in [0.2, 0.25) is 0 Å². The van der Waals surface area contributed by atoms with Crippen molar-refractivity contribution in [3.05, 3.63) is 34.1 Å². The maximum absolute atomic E-state index is 13.5. The second-order valence-electron chi connectivity index (χ2n) is 4.36. The number of halogens is 2. The molecule has 0 radical (unpaired) electrons. The van der Waals surface area contributed by atoms with Crippen molar-refractivity contribution in [2.45, 2.75) is 6.54 Å². The van der Waals surface area contributed by atoms with Crippen molar-refractivity contribution in [1.82, 2.24) is 15.3 Å². The van der Waals surface area contributed by atoms with Crippen LogP contribution in [0.2, 0.25) is 0 Å². The molecule has 2 rings (SSSR count). The molecular weight excluding hydrogens is 285 g/mol. The molecule has 1 N–H and O–H groups in total. The molecule has 1 aromatic carbocycles. The molecule has 0 aliphatic carbocycles. The predicted molar refractivity (Wildman–Crippen MR) is 70.0 cm³/mol. The van der Waals surface area contributed by atoms with Gasteiger partial charge >= 0.3 is 0 Å². The van der Waals surface area contributed by atoms with Crippen molar-refractivity contribution in [1.29, 1.82) is 0 Å². The highest BCUT2D eigenvalue weighted by Gasteiger charge is 2.13. The Hall–Kier alpha value is -0.490. The van der Waals surface area contributed by atoms with Crippen LogP contribution in [0.15, 0.2) is 22.7 Å². The molecule has 0 saturated carbocycles. The molecule has 1 aliphatic heterocycles. The lowest BCUT2D eigenvalue weighted by Crippen LogP contribution is -2.50. The predicted octanol–water partition coefficient (Wildman–Crippen LogP) is 1.84. The maximum atomic E-state index is 13.5. The lowest BCUT2D eigenvalue weighted by Gasteiger charge is -2.32. The molecule has 1 heterocycles. The third-order valence-corrected chi connectivity index (χ3v) is 3.50. The zero-order valence-electron chi connectivity index (χ0n) is 9.92. The van der Waals surface area contributed by atoms with Gasteiger partial charge in [0, 0.05) is 42.8 Å². The fraction of sp³-hybridized carbons (Fsp3) is 0.500. The fourth-order valence-electron chi connectivity index (χ4n) is 1.84. The van der Waals surface area contributed by atoms with Gasteiger partial charge in [0.05, 0.1) is 0 Å². The topological polar surface area (TPSA) is 18.5 Å². The summed E-state index contributed by atoms with van der Waals surface area (Å²) in [6.45, 7) is 4.59. The van der Waals surface area contributed by atoms with E-state index in [-0.39, 0.29) is 5.82 Å². The average Bonchev–Trinajstić information content (AvgIpc) is 2.32. The number of nitrogens with one attached hydrogen (secondary N) is 1. The second kappa shape index (κ2) is 5.91. The van der Waals surface area contributed by atoms with Crippen molar-refractivity contribution in [2.75, 3.05) is 33.2 Å². The molecule has 0 bridgehead atoms. The van der Waals surface area contributed by atoms with Crippen molar-refractivity contribution in [3.8, 4) is 0 Å². The van der Waals surface area contributed by atoms with Crippen molar-refractivity contribution in [3.63, 3.8) is 0 Å². The largest absolute Gasteiger partial charge is 0.304 e. The Morgan fingerprint density at radius 2 is 2.00 bits per heavy atom. The van der Waals surface area contributed by atoms with Crippen LogP contribution >= 0.6 is 15.9 Å². The molecule has 0 aromatic heterocycles. The Balaban J connectivity index is 1.87. The van der Waals surface area contributed by atoms with Crippen LogP contribution in [0.3, 0.4) is 0 Å². The highest BCUT2D eigenvalue weighted by atomic mass is 79.9. The van der Waals surface area contributed by atoms with Gasteiger partial charge in [0.1, 0.15) is 5.82 Å². The Kier molecular flexibility index (Phi) is 4.50. The third kappa shape index (κ3) is 3.74. The number of hydrogen-bond donors (Lipinski definition) is 1. The Labute approximate surface area is 110 Å². The molecule has 0 atom stereocenters. The van der Waals surface area contributed by atoms with Gasteiger partial charge in [0.15, 0.2) is 0 Å². The van der Waals surface area contributed by atoms with E-state index in [1.165, 1.54) is 6.07 Å². The molecule has 1 fully saturated rings. The van der Waals surface area contributed by atoms with E-state index in [4.69, 9.17) is 0 Å². The number of piperazine rings is 1. The van der Waals surface area contributed by atoms with Crippen LogP contribution in [0.5, 0.6) is 0 Å². The molecule has 94 valence electrons. The standard InChI is InChI=1S/C12H17BrFN3/c1-16-4-6-17(7-5-16)15-9-10-8-11(13)2-3-12(10)14/h2-3,8,15H,4-7,9H2,1H3. The summed E-state index contributed by atoms with van der Waals surface area (Å²) >= 11 is 3.36. The molecule has 0 spiro atoms. The van der Waals surface area contributed by atoms with Gasteiger partial charge in [-0.1, -0.05) is 15.9 Å². The van der Waals surface area contributed by atoms with Gasteiger partial charge < -0.3 is 4.90 Å². The Bertz CT molecular complexity index is 378. The molecule has 5 heteroatoms. The summed E-state index contributed by atoms with van der Waals surface area (Å²) in [6, 6.07) is 5.03. The van der Waals surface area contributed by atoms with E-state index in [0.29, 0.717) is 12.1 Å². The highest BCUT2D eigenvalue weighted by molar-refractivity contribution is 9.10. The molecule has 0 amide bonds. The van der Waals surface area contributed by atoms with Crippen LogP contribution < -0.4 is 5.43 Å². The van der Waals surface area contributed by atoms with Gasteiger partial charge in [0.25, 0.3) is 0 Å². The smallest absolute Gasteiger partial charge is 0.127 e. The number of nitrogens with zero attached hydrogens (tertiary/aromatic N) is 2. The molecule has 17 heavy (non-hydrogen) atoms. The molecular formula is C12H17BrFN3. The van der Waals surface area contributed by atoms with E-state index in [9.17, 15) is 4.39 Å². The summed E-state index contributed by atoms with van der Waals surface area (Å²) in [5.41, 5.74) is 3.97. The van der Waals surface area contributed by atoms with E-state index in [1.807, 2.05) is 6.07 Å². The third-order valence-electron chi connectivity index (χ3n) is 3.00. The fourth-order valence-corrected chi connectivity index (χ4v) is 2.25. The minimum absolute atomic E-state index is 0.158. The van der Waals surface area contributed by atoms with E-state index in [0.717, 1.165) is 30.7 Å². The Morgan fingerprint density at radius 3 is 2.71 bits per heavy atom. The number of hydrogen-bond acceptors (Lipinski definition) is 3. The summed E-state index contributed by atoms with van der Waals surface area (Å²) in [5.74, 6) is -0.158. The van der Waals surface area contributed by atoms with Gasteiger partial charge in [-0.15, -0.1) is 0 Å². The minimum Gasteiger partial charge on any atom is -0.304 e. The number of likely N-dealkylation sites (N-methyl/N-ethyl adjacent to an activating group) is 1. The first-order valence-corrected chi connectivity index (χ1v) is 6.55. The lowest BCUT2D eigenvalue weighted by atomic mass is 10.2. The monoisotopic (exact) mass is 301 g/mol. The van der Waals surface area contributed by atoms with Gasteiger partial charge in [-0.3, -0.25) is 5.43 Å². The number of hydrazine groups is 1. The first-order chi connectivity index (χ1) is 8.15. The molecule has 0 unspecified atom stereocenters. The summed E-state index contributed by atoms with van der Waals surface area (Å²) in [7, 11) is 2.12. The van der Waals surface area contributed by atoms with Gasteiger partial charge in [-0.2, -0.15) is 0 Å². The molecule has 1 saturated heterocycles. The van der Waals surface area contributed by atoms with E-state index >= 15 is 0 Å². The van der Waals surface area contributed by atoms with Crippen molar-refractivity contribution < 1.29 is 4.39 Å². The second-order valence-corrected chi connectivity index (χ2v) is 5.28. The number of benzene rings is 1.